The Bertz CT molecular complexity index is 828. The molecule has 0 radical (unpaired) electrons. The normalized spacial score (nSPS) is 12.2. The highest BCUT2D eigenvalue weighted by Crippen LogP contribution is 2.18. The molecule has 0 aromatic carbocycles. The van der Waals surface area contributed by atoms with Crippen LogP contribution in [-0.2, 0) is 9.53 Å². The van der Waals surface area contributed by atoms with Crippen LogP contribution in [0.4, 0.5) is 0 Å². The minimum atomic E-state index is -0.791. The van der Waals surface area contributed by atoms with Crippen molar-refractivity contribution in [3.63, 3.8) is 0 Å². The lowest BCUT2D eigenvalue weighted by Crippen LogP contribution is -2.43. The third kappa shape index (κ3) is 3.62. The molecule has 9 heteroatoms. The fraction of sp³-hybridized carbons (Fsp3) is 0.467. The monoisotopic (exact) mass is 369 g/mol. The zero-order chi connectivity index (χ0) is 17.9. The van der Waals surface area contributed by atoms with Crippen LogP contribution in [0.5, 0.6) is 0 Å². The Hall–Kier alpha value is -1.87. The quantitative estimate of drug-likeness (QED) is 0.774. The average Bonchev–Trinajstić information content (AvgIpc) is 2.86. The van der Waals surface area contributed by atoms with Crippen LogP contribution < -0.4 is 10.9 Å². The van der Waals surface area contributed by atoms with Gasteiger partial charge in [-0.05, 0) is 32.3 Å². The van der Waals surface area contributed by atoms with Crippen molar-refractivity contribution in [1.29, 1.82) is 0 Å². The lowest BCUT2D eigenvalue weighted by atomic mass is 10.2. The summed E-state index contributed by atoms with van der Waals surface area (Å²) in [7, 11) is 1.26. The maximum Gasteiger partial charge on any atom is 0.328 e. The van der Waals surface area contributed by atoms with Gasteiger partial charge in [0.2, 0.25) is 0 Å². The van der Waals surface area contributed by atoms with Crippen molar-refractivity contribution >= 4 is 39.9 Å². The summed E-state index contributed by atoms with van der Waals surface area (Å²) in [6.07, 6.45) is 3.58. The summed E-state index contributed by atoms with van der Waals surface area (Å²) in [6.45, 7) is 3.70. The highest BCUT2D eigenvalue weighted by molar-refractivity contribution is 7.98. The van der Waals surface area contributed by atoms with Gasteiger partial charge in [-0.15, -0.1) is 11.3 Å². The molecule has 0 saturated carbocycles. The van der Waals surface area contributed by atoms with Gasteiger partial charge >= 0.3 is 5.97 Å². The molecule has 2 heterocycles. The number of nitrogens with one attached hydrogen (secondary N) is 1. The van der Waals surface area contributed by atoms with Crippen LogP contribution in [0.15, 0.2) is 11.0 Å². The van der Waals surface area contributed by atoms with Crippen molar-refractivity contribution in [1.82, 2.24) is 14.7 Å². The van der Waals surface area contributed by atoms with Gasteiger partial charge in [0.1, 0.15) is 11.6 Å². The zero-order valence-corrected chi connectivity index (χ0v) is 15.5. The Labute approximate surface area is 147 Å². The molecule has 2 rings (SSSR count). The summed E-state index contributed by atoms with van der Waals surface area (Å²) in [5.74, 6) is -0.477. The van der Waals surface area contributed by atoms with Crippen molar-refractivity contribution in [2.24, 2.45) is 0 Å². The Morgan fingerprint density at radius 1 is 1.46 bits per heavy atom. The number of thioether (sulfide) groups is 1. The number of hydrogen-bond acceptors (Lipinski definition) is 7. The molecule has 0 unspecified atom stereocenters. The molecule has 0 bridgehead atoms. The number of methoxy groups -OCH3 is 1. The van der Waals surface area contributed by atoms with E-state index in [1.165, 1.54) is 29.0 Å². The predicted octanol–water partition coefficient (Wildman–Crippen LogP) is 1.40. The summed E-state index contributed by atoms with van der Waals surface area (Å²) >= 11 is 2.94. The number of carbonyl (C=O) groups is 2. The molecule has 7 nitrogen and oxygen atoms in total. The number of nitrogens with zero attached hydrogens (tertiary/aromatic N) is 2. The van der Waals surface area contributed by atoms with E-state index < -0.39 is 23.5 Å². The van der Waals surface area contributed by atoms with Crippen LogP contribution in [-0.4, -0.2) is 46.4 Å². The van der Waals surface area contributed by atoms with E-state index in [-0.39, 0.29) is 5.56 Å². The first-order chi connectivity index (χ1) is 11.4. The van der Waals surface area contributed by atoms with Gasteiger partial charge in [-0.3, -0.25) is 14.0 Å². The highest BCUT2D eigenvalue weighted by Gasteiger charge is 2.24. The lowest BCUT2D eigenvalue weighted by Gasteiger charge is -2.15. The van der Waals surface area contributed by atoms with E-state index in [9.17, 15) is 14.4 Å². The first kappa shape index (κ1) is 18.5. The van der Waals surface area contributed by atoms with Crippen LogP contribution in [0.2, 0.25) is 0 Å². The van der Waals surface area contributed by atoms with Gasteiger partial charge in [-0.1, -0.05) is 0 Å². The predicted molar refractivity (Wildman–Crippen MR) is 95.1 cm³/mol. The zero-order valence-electron chi connectivity index (χ0n) is 13.9. The lowest BCUT2D eigenvalue weighted by molar-refractivity contribution is -0.142. The number of aryl methyl sites for hydroxylation is 2. The van der Waals surface area contributed by atoms with Gasteiger partial charge in [0, 0.05) is 16.8 Å². The number of ether oxygens (including phenoxy) is 1. The van der Waals surface area contributed by atoms with Crippen LogP contribution >= 0.6 is 23.1 Å². The van der Waals surface area contributed by atoms with Crippen molar-refractivity contribution in [2.75, 3.05) is 19.1 Å². The molecule has 1 N–H and O–H groups in total. The molecule has 24 heavy (non-hydrogen) atoms. The van der Waals surface area contributed by atoms with E-state index in [0.29, 0.717) is 17.1 Å². The maximum atomic E-state index is 12.6. The Morgan fingerprint density at radius 2 is 2.17 bits per heavy atom. The summed E-state index contributed by atoms with van der Waals surface area (Å²) in [5.41, 5.74) is 0.230. The SMILES string of the molecule is COC(=O)[C@H](CCSC)NC(=O)c1cnc2sc(C)c(C)n2c1=O. The Kier molecular flexibility index (Phi) is 6.00. The van der Waals surface area contributed by atoms with E-state index in [1.54, 1.807) is 18.7 Å². The van der Waals surface area contributed by atoms with E-state index in [0.717, 1.165) is 10.6 Å². The third-order valence-corrected chi connectivity index (χ3v) is 5.38. The minimum Gasteiger partial charge on any atom is -0.467 e. The van der Waals surface area contributed by atoms with Crippen molar-refractivity contribution < 1.29 is 14.3 Å². The van der Waals surface area contributed by atoms with Gasteiger partial charge in [0.15, 0.2) is 4.96 Å². The summed E-state index contributed by atoms with van der Waals surface area (Å²) in [6, 6.07) is -0.791. The topological polar surface area (TPSA) is 89.8 Å². The minimum absolute atomic E-state index is 0.0912. The molecule has 0 aliphatic carbocycles. The van der Waals surface area contributed by atoms with E-state index in [1.807, 2.05) is 13.2 Å². The number of carbonyl (C=O) groups excluding carboxylic acids is 2. The molecule has 2 aromatic heterocycles. The van der Waals surface area contributed by atoms with Crippen LogP contribution in [0.3, 0.4) is 0 Å². The first-order valence-corrected chi connectivity index (χ1v) is 9.47. The second kappa shape index (κ2) is 7.80. The van der Waals surface area contributed by atoms with E-state index >= 15 is 0 Å². The van der Waals surface area contributed by atoms with Crippen LogP contribution in [0.25, 0.3) is 4.96 Å². The van der Waals surface area contributed by atoms with Crippen molar-refractivity contribution in [2.45, 2.75) is 26.3 Å². The number of hydrogen-bond donors (Lipinski definition) is 1. The smallest absolute Gasteiger partial charge is 0.328 e. The van der Waals surface area contributed by atoms with Gasteiger partial charge in [-0.2, -0.15) is 11.8 Å². The van der Waals surface area contributed by atoms with Gasteiger partial charge in [-0.25, -0.2) is 9.78 Å². The van der Waals surface area contributed by atoms with E-state index in [4.69, 9.17) is 4.74 Å². The summed E-state index contributed by atoms with van der Waals surface area (Å²) in [4.78, 5) is 42.5. The number of thiazole rings is 1. The van der Waals surface area contributed by atoms with Gasteiger partial charge in [0.25, 0.3) is 11.5 Å². The largest absolute Gasteiger partial charge is 0.467 e. The molecule has 1 amide bonds. The second-order valence-electron chi connectivity index (χ2n) is 5.17. The molecule has 130 valence electrons. The molecule has 0 aliphatic heterocycles. The summed E-state index contributed by atoms with van der Waals surface area (Å²) in [5, 5.41) is 2.57. The highest BCUT2D eigenvalue weighted by atomic mass is 32.2. The Balaban J connectivity index is 2.33. The number of fused-ring (bicyclic) bond motifs is 1. The number of aromatic nitrogens is 2. The molecular weight excluding hydrogens is 350 g/mol. The van der Waals surface area contributed by atoms with Crippen LogP contribution in [0.1, 0.15) is 27.3 Å². The molecule has 2 aromatic rings. The maximum absolute atomic E-state index is 12.6. The molecule has 0 aliphatic rings. The fourth-order valence-electron chi connectivity index (χ4n) is 2.19. The molecule has 0 saturated heterocycles. The van der Waals surface area contributed by atoms with Gasteiger partial charge in [0.05, 0.1) is 7.11 Å². The third-order valence-electron chi connectivity index (χ3n) is 3.66. The standard InChI is InChI=1S/C15H19N3O4S2/c1-8-9(2)24-15-16-7-10(13(20)18(8)15)12(19)17-11(5-6-23-4)14(21)22-3/h7,11H,5-6H2,1-4H3,(H,17,19)/t11-/m0/s1. The number of amides is 1. The summed E-state index contributed by atoms with van der Waals surface area (Å²) < 4.78 is 6.13. The van der Waals surface area contributed by atoms with Crippen molar-refractivity contribution in [3.8, 4) is 0 Å². The molecule has 0 fully saturated rings. The first-order valence-electron chi connectivity index (χ1n) is 7.26. The van der Waals surface area contributed by atoms with Crippen LogP contribution in [0, 0.1) is 13.8 Å². The van der Waals surface area contributed by atoms with Gasteiger partial charge < -0.3 is 10.1 Å². The number of esters is 1. The fourth-order valence-corrected chi connectivity index (χ4v) is 3.60. The number of rotatable bonds is 6. The molecule has 1 atom stereocenters. The van der Waals surface area contributed by atoms with Crippen molar-refractivity contribution in [3.05, 3.63) is 32.7 Å². The Morgan fingerprint density at radius 3 is 2.79 bits per heavy atom. The second-order valence-corrected chi connectivity index (χ2v) is 7.34. The molecular formula is C15H19N3O4S2. The van der Waals surface area contributed by atoms with E-state index in [2.05, 4.69) is 10.3 Å². The average molecular weight is 369 g/mol. The molecule has 0 spiro atoms.